The number of carbonyl (C=O) groups is 1. The van der Waals surface area contributed by atoms with Crippen molar-refractivity contribution in [1.82, 2.24) is 5.43 Å². The van der Waals surface area contributed by atoms with Crippen molar-refractivity contribution in [3.05, 3.63) is 40.8 Å². The number of carbonyl (C=O) groups excluding carboxylic acids is 1. The minimum atomic E-state index is -0.313. The largest absolute Gasteiger partial charge is 0.493 e. The molecule has 1 saturated heterocycles. The smallest absolute Gasteiger partial charge is 0.271 e. The zero-order valence-electron chi connectivity index (χ0n) is 14.7. The van der Waals surface area contributed by atoms with Crippen LogP contribution in [0.25, 0.3) is 0 Å². The van der Waals surface area contributed by atoms with Crippen LogP contribution in [0, 0.1) is 0 Å². The van der Waals surface area contributed by atoms with E-state index in [1.807, 2.05) is 6.07 Å². The van der Waals surface area contributed by atoms with E-state index in [-0.39, 0.29) is 5.91 Å². The highest BCUT2D eigenvalue weighted by molar-refractivity contribution is 7.17. The van der Waals surface area contributed by atoms with E-state index in [4.69, 9.17) is 14.2 Å². The molecule has 0 saturated carbocycles. The van der Waals surface area contributed by atoms with Crippen LogP contribution < -0.4 is 19.8 Å². The molecule has 0 unspecified atom stereocenters. The Hall–Kier alpha value is -2.58. The van der Waals surface area contributed by atoms with Crippen molar-refractivity contribution in [2.45, 2.75) is 0 Å². The first-order chi connectivity index (χ1) is 12.7. The topological polar surface area (TPSA) is 72.4 Å². The average Bonchev–Trinajstić information content (AvgIpc) is 3.17. The molecule has 2 heterocycles. The number of hydrogen-bond donors (Lipinski definition) is 1. The normalized spacial score (nSPS) is 14.5. The van der Waals surface area contributed by atoms with Gasteiger partial charge in [0, 0.05) is 23.5 Å². The van der Waals surface area contributed by atoms with Crippen LogP contribution in [0.3, 0.4) is 0 Å². The summed E-state index contributed by atoms with van der Waals surface area (Å²) >= 11 is 1.63. The zero-order chi connectivity index (χ0) is 18.4. The summed E-state index contributed by atoms with van der Waals surface area (Å²) in [4.78, 5) is 15.5. The van der Waals surface area contributed by atoms with Gasteiger partial charge < -0.3 is 19.1 Å². The standard InChI is InChI=1S/C18H21N3O4S/c1-23-15-5-3-13(11-16(15)24-2)18(22)20-19-12-14-4-6-17(26-14)21-7-9-25-10-8-21/h3-6,11-12H,7-10H2,1-2H3,(H,20,22)/b19-12+. The van der Waals surface area contributed by atoms with Crippen molar-refractivity contribution in [1.29, 1.82) is 0 Å². The number of nitrogens with one attached hydrogen (secondary N) is 1. The molecule has 1 aliphatic heterocycles. The number of ether oxygens (including phenoxy) is 3. The van der Waals surface area contributed by atoms with Gasteiger partial charge in [-0.2, -0.15) is 5.10 Å². The lowest BCUT2D eigenvalue weighted by Gasteiger charge is -2.27. The molecule has 0 aliphatic carbocycles. The summed E-state index contributed by atoms with van der Waals surface area (Å²) in [6.07, 6.45) is 1.65. The Kier molecular flexibility index (Phi) is 6.08. The number of hydrazone groups is 1. The van der Waals surface area contributed by atoms with Crippen LogP contribution in [0.2, 0.25) is 0 Å². The van der Waals surface area contributed by atoms with E-state index in [0.29, 0.717) is 17.1 Å². The summed E-state index contributed by atoms with van der Waals surface area (Å²) in [5.41, 5.74) is 2.98. The lowest BCUT2D eigenvalue weighted by Crippen LogP contribution is -2.35. The van der Waals surface area contributed by atoms with Crippen molar-refractivity contribution < 1.29 is 19.0 Å². The zero-order valence-corrected chi connectivity index (χ0v) is 15.5. The molecule has 1 N–H and O–H groups in total. The minimum Gasteiger partial charge on any atom is -0.493 e. The Morgan fingerprint density at radius 3 is 2.69 bits per heavy atom. The first-order valence-corrected chi connectivity index (χ1v) is 9.01. The number of morpholine rings is 1. The minimum absolute atomic E-state index is 0.313. The molecular formula is C18H21N3O4S. The lowest BCUT2D eigenvalue weighted by molar-refractivity contribution is 0.0954. The van der Waals surface area contributed by atoms with E-state index in [2.05, 4.69) is 21.5 Å². The fraction of sp³-hybridized carbons (Fsp3) is 0.333. The highest BCUT2D eigenvalue weighted by atomic mass is 32.1. The summed E-state index contributed by atoms with van der Waals surface area (Å²) in [6.45, 7) is 3.30. The van der Waals surface area contributed by atoms with Gasteiger partial charge in [-0.25, -0.2) is 5.43 Å². The van der Waals surface area contributed by atoms with Gasteiger partial charge in [0.05, 0.1) is 38.6 Å². The molecule has 2 aromatic rings. The molecule has 0 radical (unpaired) electrons. The molecule has 3 rings (SSSR count). The molecule has 0 atom stereocenters. The molecule has 7 nitrogen and oxygen atoms in total. The Labute approximate surface area is 156 Å². The molecule has 1 amide bonds. The van der Waals surface area contributed by atoms with Gasteiger partial charge in [-0.15, -0.1) is 11.3 Å². The number of anilines is 1. The predicted octanol–water partition coefficient (Wildman–Crippen LogP) is 2.37. The third-order valence-electron chi connectivity index (χ3n) is 3.94. The maximum absolute atomic E-state index is 12.2. The first kappa shape index (κ1) is 18.2. The Balaban J connectivity index is 1.60. The SMILES string of the molecule is COc1ccc(C(=O)N/N=C/c2ccc(N3CCOCC3)s2)cc1OC. The van der Waals surface area contributed by atoms with E-state index >= 15 is 0 Å². The highest BCUT2D eigenvalue weighted by Gasteiger charge is 2.13. The number of amides is 1. The predicted molar refractivity (Wildman–Crippen MR) is 102 cm³/mol. The van der Waals surface area contributed by atoms with Crippen LogP contribution in [0.15, 0.2) is 35.4 Å². The Morgan fingerprint density at radius 2 is 1.96 bits per heavy atom. The molecule has 0 spiro atoms. The van der Waals surface area contributed by atoms with E-state index in [1.165, 1.54) is 12.1 Å². The van der Waals surface area contributed by atoms with Crippen LogP contribution in [0.1, 0.15) is 15.2 Å². The van der Waals surface area contributed by atoms with Gasteiger partial charge in [-0.05, 0) is 30.3 Å². The van der Waals surface area contributed by atoms with E-state index < -0.39 is 0 Å². The number of rotatable bonds is 6. The van der Waals surface area contributed by atoms with Gasteiger partial charge >= 0.3 is 0 Å². The van der Waals surface area contributed by atoms with Crippen LogP contribution in [0.5, 0.6) is 11.5 Å². The lowest BCUT2D eigenvalue weighted by atomic mass is 10.2. The first-order valence-electron chi connectivity index (χ1n) is 8.19. The second kappa shape index (κ2) is 8.68. The van der Waals surface area contributed by atoms with Crippen LogP contribution in [-0.4, -0.2) is 52.6 Å². The molecular weight excluding hydrogens is 354 g/mol. The second-order valence-corrected chi connectivity index (χ2v) is 6.64. The van der Waals surface area contributed by atoms with Crippen molar-refractivity contribution in [2.24, 2.45) is 5.10 Å². The number of thiophene rings is 1. The van der Waals surface area contributed by atoms with Crippen LogP contribution >= 0.6 is 11.3 Å². The van der Waals surface area contributed by atoms with Crippen molar-refractivity contribution in [3.8, 4) is 11.5 Å². The molecule has 0 bridgehead atoms. The maximum Gasteiger partial charge on any atom is 0.271 e. The van der Waals surface area contributed by atoms with Crippen LogP contribution in [0.4, 0.5) is 5.00 Å². The number of hydrogen-bond acceptors (Lipinski definition) is 7. The van der Waals surface area contributed by atoms with Gasteiger partial charge in [-0.3, -0.25) is 4.79 Å². The van der Waals surface area contributed by atoms with Gasteiger partial charge in [0.15, 0.2) is 11.5 Å². The maximum atomic E-state index is 12.2. The number of methoxy groups -OCH3 is 2. The molecule has 26 heavy (non-hydrogen) atoms. The third kappa shape index (κ3) is 4.33. The van der Waals surface area contributed by atoms with Gasteiger partial charge in [0.25, 0.3) is 5.91 Å². The Morgan fingerprint density at radius 1 is 1.19 bits per heavy atom. The van der Waals surface area contributed by atoms with Crippen molar-refractivity contribution in [3.63, 3.8) is 0 Å². The molecule has 8 heteroatoms. The molecule has 1 aliphatic rings. The van der Waals surface area contributed by atoms with Crippen molar-refractivity contribution >= 4 is 28.5 Å². The van der Waals surface area contributed by atoms with Crippen LogP contribution in [-0.2, 0) is 4.74 Å². The van der Waals surface area contributed by atoms with Gasteiger partial charge in [0.2, 0.25) is 0 Å². The quantitative estimate of drug-likeness (QED) is 0.620. The van der Waals surface area contributed by atoms with Gasteiger partial charge in [0.1, 0.15) is 0 Å². The summed E-state index contributed by atoms with van der Waals surface area (Å²) in [6, 6.07) is 9.01. The van der Waals surface area contributed by atoms with E-state index in [9.17, 15) is 4.79 Å². The summed E-state index contributed by atoms with van der Waals surface area (Å²) in [5, 5.41) is 5.23. The summed E-state index contributed by atoms with van der Waals surface area (Å²) in [7, 11) is 3.08. The number of benzene rings is 1. The molecule has 1 aromatic heterocycles. The molecule has 138 valence electrons. The molecule has 1 aromatic carbocycles. The Bertz CT molecular complexity index is 784. The highest BCUT2D eigenvalue weighted by Crippen LogP contribution is 2.27. The monoisotopic (exact) mass is 375 g/mol. The average molecular weight is 375 g/mol. The van der Waals surface area contributed by atoms with Crippen molar-refractivity contribution in [2.75, 3.05) is 45.4 Å². The second-order valence-electron chi connectivity index (χ2n) is 5.54. The summed E-state index contributed by atoms with van der Waals surface area (Å²) < 4.78 is 15.7. The van der Waals surface area contributed by atoms with Gasteiger partial charge in [-0.1, -0.05) is 0 Å². The number of nitrogens with zero attached hydrogens (tertiary/aromatic N) is 2. The third-order valence-corrected chi connectivity index (χ3v) is 5.02. The fourth-order valence-electron chi connectivity index (χ4n) is 2.56. The molecule has 1 fully saturated rings. The van der Waals surface area contributed by atoms with E-state index in [0.717, 1.165) is 31.2 Å². The van der Waals surface area contributed by atoms with E-state index in [1.54, 1.807) is 42.9 Å². The summed E-state index contributed by atoms with van der Waals surface area (Å²) in [5.74, 6) is 0.756. The fourth-order valence-corrected chi connectivity index (χ4v) is 3.49.